The first kappa shape index (κ1) is 12.7. The minimum absolute atomic E-state index is 0.624. The van der Waals surface area contributed by atoms with Crippen LogP contribution >= 0.6 is 0 Å². The SMILES string of the molecule is C=C/C(C)=C/CC/C(C)=C\CCC#N. The van der Waals surface area contributed by atoms with Gasteiger partial charge in [-0.15, -0.1) is 0 Å². The zero-order valence-electron chi connectivity index (χ0n) is 9.21. The molecule has 0 spiro atoms. The third kappa shape index (κ3) is 7.36. The van der Waals surface area contributed by atoms with Crippen molar-refractivity contribution in [2.45, 2.75) is 39.5 Å². The fourth-order valence-corrected chi connectivity index (χ4v) is 1.10. The molecule has 0 aliphatic carbocycles. The summed E-state index contributed by atoms with van der Waals surface area (Å²) in [5.41, 5.74) is 2.60. The molecule has 0 atom stereocenters. The van der Waals surface area contributed by atoms with E-state index in [1.807, 2.05) is 6.08 Å². The monoisotopic (exact) mass is 189 g/mol. The van der Waals surface area contributed by atoms with Crippen LogP contribution in [0.15, 0.2) is 36.0 Å². The minimum Gasteiger partial charge on any atom is -0.198 e. The molecule has 1 heteroatoms. The summed E-state index contributed by atoms with van der Waals surface area (Å²) in [7, 11) is 0. The van der Waals surface area contributed by atoms with Gasteiger partial charge in [-0.2, -0.15) is 5.26 Å². The van der Waals surface area contributed by atoms with Gasteiger partial charge in [-0.25, -0.2) is 0 Å². The van der Waals surface area contributed by atoms with Crippen molar-refractivity contribution in [2.75, 3.05) is 0 Å². The maximum absolute atomic E-state index is 8.36. The molecule has 0 aromatic heterocycles. The van der Waals surface area contributed by atoms with Crippen molar-refractivity contribution in [3.63, 3.8) is 0 Å². The molecule has 76 valence electrons. The minimum atomic E-state index is 0.624. The topological polar surface area (TPSA) is 23.8 Å². The van der Waals surface area contributed by atoms with Gasteiger partial charge in [0.25, 0.3) is 0 Å². The summed E-state index contributed by atoms with van der Waals surface area (Å²) in [5.74, 6) is 0. The Morgan fingerprint density at radius 2 is 2.00 bits per heavy atom. The van der Waals surface area contributed by atoms with Crippen LogP contribution in [0, 0.1) is 11.3 Å². The second-order valence-corrected chi connectivity index (χ2v) is 3.44. The van der Waals surface area contributed by atoms with Gasteiger partial charge in [-0.05, 0) is 33.1 Å². The molecule has 0 amide bonds. The predicted molar refractivity (Wildman–Crippen MR) is 61.8 cm³/mol. The smallest absolute Gasteiger partial charge is 0.0625 e. The molecule has 0 rings (SSSR count). The van der Waals surface area contributed by atoms with Crippen molar-refractivity contribution in [3.8, 4) is 6.07 Å². The maximum atomic E-state index is 8.36. The van der Waals surface area contributed by atoms with Gasteiger partial charge in [-0.1, -0.05) is 36.0 Å². The normalized spacial score (nSPS) is 12.4. The molecule has 0 aromatic rings. The van der Waals surface area contributed by atoms with E-state index in [1.54, 1.807) is 0 Å². The molecule has 0 saturated heterocycles. The fraction of sp³-hybridized carbons (Fsp3) is 0.462. The van der Waals surface area contributed by atoms with Gasteiger partial charge in [0, 0.05) is 6.42 Å². The number of hydrogen-bond donors (Lipinski definition) is 0. The largest absolute Gasteiger partial charge is 0.198 e. The van der Waals surface area contributed by atoms with Crippen LogP contribution in [0.25, 0.3) is 0 Å². The summed E-state index contributed by atoms with van der Waals surface area (Å²) in [6, 6.07) is 2.14. The van der Waals surface area contributed by atoms with Crippen molar-refractivity contribution in [1.29, 1.82) is 5.26 Å². The second-order valence-electron chi connectivity index (χ2n) is 3.44. The van der Waals surface area contributed by atoms with Crippen LogP contribution in [0.4, 0.5) is 0 Å². The summed E-state index contributed by atoms with van der Waals surface area (Å²) in [4.78, 5) is 0. The van der Waals surface area contributed by atoms with E-state index in [0.29, 0.717) is 6.42 Å². The Morgan fingerprint density at radius 1 is 1.29 bits per heavy atom. The Kier molecular flexibility index (Phi) is 7.55. The van der Waals surface area contributed by atoms with Crippen molar-refractivity contribution in [2.24, 2.45) is 0 Å². The molecule has 0 aromatic carbocycles. The third-order valence-electron chi connectivity index (χ3n) is 2.08. The Hall–Kier alpha value is -1.29. The van der Waals surface area contributed by atoms with E-state index < -0.39 is 0 Å². The van der Waals surface area contributed by atoms with Crippen LogP contribution in [0.5, 0.6) is 0 Å². The molecule has 0 unspecified atom stereocenters. The average Bonchev–Trinajstić information content (AvgIpc) is 2.18. The van der Waals surface area contributed by atoms with Crippen molar-refractivity contribution in [3.05, 3.63) is 36.0 Å². The Labute approximate surface area is 87.4 Å². The van der Waals surface area contributed by atoms with E-state index in [4.69, 9.17) is 5.26 Å². The lowest BCUT2D eigenvalue weighted by molar-refractivity contribution is 0.941. The quantitative estimate of drug-likeness (QED) is 0.350. The van der Waals surface area contributed by atoms with Crippen molar-refractivity contribution < 1.29 is 0 Å². The standard InChI is InChI=1S/C13H19N/c1-4-12(2)9-7-10-13(3)8-5-6-11-14/h4,8-9H,1,5-7,10H2,2-3H3/b12-9+,13-8-. The first-order chi connectivity index (χ1) is 6.70. The highest BCUT2D eigenvalue weighted by Gasteiger charge is 1.88. The third-order valence-corrected chi connectivity index (χ3v) is 2.08. The maximum Gasteiger partial charge on any atom is 0.0625 e. The lowest BCUT2D eigenvalue weighted by atomic mass is 10.1. The van der Waals surface area contributed by atoms with Crippen molar-refractivity contribution in [1.82, 2.24) is 0 Å². The molecule has 0 heterocycles. The van der Waals surface area contributed by atoms with Crippen LogP contribution in [0.1, 0.15) is 39.5 Å². The van der Waals surface area contributed by atoms with E-state index in [1.165, 1.54) is 11.1 Å². The van der Waals surface area contributed by atoms with Crippen LogP contribution < -0.4 is 0 Å². The lowest BCUT2D eigenvalue weighted by Crippen LogP contribution is -1.78. The van der Waals surface area contributed by atoms with E-state index in [9.17, 15) is 0 Å². The predicted octanol–water partition coefficient (Wildman–Crippen LogP) is 4.15. The Morgan fingerprint density at radius 3 is 2.57 bits per heavy atom. The zero-order valence-corrected chi connectivity index (χ0v) is 9.21. The molecule has 0 radical (unpaired) electrons. The van der Waals surface area contributed by atoms with Crippen molar-refractivity contribution >= 4 is 0 Å². The number of hydrogen-bond acceptors (Lipinski definition) is 1. The molecule has 0 bridgehead atoms. The highest BCUT2D eigenvalue weighted by Crippen LogP contribution is 2.08. The number of allylic oxidation sites excluding steroid dienone is 5. The Bertz CT molecular complexity index is 263. The summed E-state index contributed by atoms with van der Waals surface area (Å²) >= 11 is 0. The van der Waals surface area contributed by atoms with Gasteiger partial charge < -0.3 is 0 Å². The number of rotatable bonds is 6. The molecule has 0 fully saturated rings. The first-order valence-electron chi connectivity index (χ1n) is 5.02. The van der Waals surface area contributed by atoms with Gasteiger partial charge in [0.2, 0.25) is 0 Å². The molecular formula is C13H19N. The van der Waals surface area contributed by atoms with E-state index >= 15 is 0 Å². The first-order valence-corrected chi connectivity index (χ1v) is 5.02. The van der Waals surface area contributed by atoms with Gasteiger partial charge in [0.1, 0.15) is 0 Å². The molecule has 1 nitrogen and oxygen atoms in total. The lowest BCUT2D eigenvalue weighted by Gasteiger charge is -1.97. The number of nitriles is 1. The second kappa shape index (κ2) is 8.31. The van der Waals surface area contributed by atoms with Gasteiger partial charge >= 0.3 is 0 Å². The highest BCUT2D eigenvalue weighted by atomic mass is 14.2. The molecule has 14 heavy (non-hydrogen) atoms. The molecular weight excluding hydrogens is 170 g/mol. The fourth-order valence-electron chi connectivity index (χ4n) is 1.10. The highest BCUT2D eigenvalue weighted by molar-refractivity contribution is 5.13. The van der Waals surface area contributed by atoms with E-state index in [2.05, 4.69) is 38.6 Å². The van der Waals surface area contributed by atoms with E-state index in [-0.39, 0.29) is 0 Å². The number of nitrogens with zero attached hydrogens (tertiary/aromatic N) is 1. The van der Waals surface area contributed by atoms with E-state index in [0.717, 1.165) is 19.3 Å². The molecule has 0 N–H and O–H groups in total. The van der Waals surface area contributed by atoms with Crippen LogP contribution in [0.3, 0.4) is 0 Å². The summed E-state index contributed by atoms with van der Waals surface area (Å²) < 4.78 is 0. The van der Waals surface area contributed by atoms with Crippen LogP contribution in [-0.4, -0.2) is 0 Å². The number of unbranched alkanes of at least 4 members (excludes halogenated alkanes) is 1. The Balaban J connectivity index is 3.74. The summed E-state index contributed by atoms with van der Waals surface area (Å²) in [6.45, 7) is 7.88. The molecule has 0 saturated carbocycles. The zero-order chi connectivity index (χ0) is 10.8. The van der Waals surface area contributed by atoms with Gasteiger partial charge in [-0.3, -0.25) is 0 Å². The van der Waals surface area contributed by atoms with Gasteiger partial charge in [0.15, 0.2) is 0 Å². The molecule has 0 aliphatic heterocycles. The van der Waals surface area contributed by atoms with Crippen LogP contribution in [-0.2, 0) is 0 Å². The summed E-state index contributed by atoms with van der Waals surface area (Å²) in [6.07, 6.45) is 9.86. The van der Waals surface area contributed by atoms with Crippen LogP contribution in [0.2, 0.25) is 0 Å². The molecule has 0 aliphatic rings. The van der Waals surface area contributed by atoms with Gasteiger partial charge in [0.05, 0.1) is 6.07 Å². The average molecular weight is 189 g/mol. The summed E-state index contributed by atoms with van der Waals surface area (Å²) in [5, 5.41) is 8.36.